The second-order valence-electron chi connectivity index (χ2n) is 5.63. The first-order valence-electron chi connectivity index (χ1n) is 7.70. The fourth-order valence-electron chi connectivity index (χ4n) is 2.62. The zero-order chi connectivity index (χ0) is 19.1. The van der Waals surface area contributed by atoms with Gasteiger partial charge in [0.1, 0.15) is 10.7 Å². The van der Waals surface area contributed by atoms with Gasteiger partial charge in [0.25, 0.3) is 10.0 Å². The first-order chi connectivity index (χ1) is 12.2. The molecule has 0 saturated carbocycles. The number of halogens is 4. The Balaban J connectivity index is 2.25. The van der Waals surface area contributed by atoms with Crippen LogP contribution in [0, 0.1) is 0 Å². The quantitative estimate of drug-likeness (QED) is 0.614. The van der Waals surface area contributed by atoms with Crippen LogP contribution in [0.25, 0.3) is 0 Å². The Morgan fingerprint density at radius 2 is 1.85 bits per heavy atom. The van der Waals surface area contributed by atoms with Crippen LogP contribution in [0.2, 0.25) is 0 Å². The monoisotopic (exact) mass is 446 g/mol. The molecule has 0 spiro atoms. The van der Waals surface area contributed by atoms with Crippen LogP contribution in [0.1, 0.15) is 18.9 Å². The van der Waals surface area contributed by atoms with E-state index >= 15 is 0 Å². The average molecular weight is 447 g/mol. The summed E-state index contributed by atoms with van der Waals surface area (Å²) >= 11 is 3.38. The van der Waals surface area contributed by atoms with E-state index in [1.807, 2.05) is 6.92 Å². The van der Waals surface area contributed by atoms with E-state index in [2.05, 4.69) is 20.9 Å². The van der Waals surface area contributed by atoms with Gasteiger partial charge in [0.15, 0.2) is 0 Å². The van der Waals surface area contributed by atoms with Gasteiger partial charge in [-0.3, -0.25) is 0 Å². The van der Waals surface area contributed by atoms with E-state index in [4.69, 9.17) is 0 Å². The molecule has 138 valence electrons. The minimum atomic E-state index is -4.58. The van der Waals surface area contributed by atoms with E-state index < -0.39 is 26.6 Å². The van der Waals surface area contributed by atoms with Gasteiger partial charge in [0.05, 0.1) is 21.8 Å². The maximum Gasteiger partial charge on any atom is 0.416 e. The Morgan fingerprint density at radius 1 is 1.15 bits per heavy atom. The predicted octanol–water partition coefficient (Wildman–Crippen LogP) is 5.12. The van der Waals surface area contributed by atoms with Crippen LogP contribution in [0.3, 0.4) is 0 Å². The van der Waals surface area contributed by atoms with E-state index in [-0.39, 0.29) is 22.1 Å². The summed E-state index contributed by atoms with van der Waals surface area (Å²) in [5, 5.41) is 0. The summed E-state index contributed by atoms with van der Waals surface area (Å²) < 4.78 is 66.4. The van der Waals surface area contributed by atoms with Gasteiger partial charge in [-0.15, -0.1) is 0 Å². The summed E-state index contributed by atoms with van der Waals surface area (Å²) in [5.41, 5.74) is -0.763. The Kier molecular flexibility index (Phi) is 4.87. The van der Waals surface area contributed by atoms with Crippen molar-refractivity contribution in [3.8, 4) is 0 Å². The van der Waals surface area contributed by atoms with Crippen LogP contribution >= 0.6 is 15.9 Å². The molecule has 4 nitrogen and oxygen atoms in total. The van der Waals surface area contributed by atoms with E-state index in [1.54, 1.807) is 18.2 Å². The lowest BCUT2D eigenvalue weighted by Gasteiger charge is -2.32. The number of benzene rings is 2. The Morgan fingerprint density at radius 3 is 2.50 bits per heavy atom. The van der Waals surface area contributed by atoms with Crippen LogP contribution < -0.4 is 4.31 Å². The molecule has 1 heterocycles. The zero-order valence-electron chi connectivity index (χ0n) is 13.5. The van der Waals surface area contributed by atoms with Gasteiger partial charge in [-0.25, -0.2) is 17.7 Å². The standard InChI is InChI=1S/C17H14BrF3N2O2S/c1-2-13(18)16-22-14-8-3-4-9-15(14)26(24,25)23(16)12-7-5-6-11(10-12)17(19,20)21/h3-10,13H,2H2,1H3. The maximum atomic E-state index is 13.1. The van der Waals surface area contributed by atoms with Crippen molar-refractivity contribution in [1.82, 2.24) is 0 Å². The fourth-order valence-corrected chi connectivity index (χ4v) is 4.69. The van der Waals surface area contributed by atoms with Crippen molar-refractivity contribution in [1.29, 1.82) is 0 Å². The fraction of sp³-hybridized carbons (Fsp3) is 0.235. The molecule has 1 atom stereocenters. The molecule has 0 bridgehead atoms. The number of hydrogen-bond donors (Lipinski definition) is 0. The molecule has 0 aromatic heterocycles. The summed E-state index contributed by atoms with van der Waals surface area (Å²) in [6, 6.07) is 10.4. The number of rotatable bonds is 3. The highest BCUT2D eigenvalue weighted by molar-refractivity contribution is 9.10. The summed E-state index contributed by atoms with van der Waals surface area (Å²) in [6.07, 6.45) is -4.07. The number of amidine groups is 1. The van der Waals surface area contributed by atoms with Gasteiger partial charge in [0, 0.05) is 0 Å². The molecule has 9 heteroatoms. The molecular weight excluding hydrogens is 433 g/mol. The van der Waals surface area contributed by atoms with E-state index in [0.29, 0.717) is 6.42 Å². The predicted molar refractivity (Wildman–Crippen MR) is 97.7 cm³/mol. The molecule has 26 heavy (non-hydrogen) atoms. The van der Waals surface area contributed by atoms with Crippen LogP contribution in [-0.2, 0) is 16.2 Å². The minimum absolute atomic E-state index is 0.0445. The SMILES string of the molecule is CCC(Br)C1=Nc2ccccc2S(=O)(=O)N1c1cccc(C(F)(F)F)c1. The maximum absolute atomic E-state index is 13.1. The van der Waals surface area contributed by atoms with Gasteiger partial charge >= 0.3 is 6.18 Å². The molecule has 1 unspecified atom stereocenters. The highest BCUT2D eigenvalue weighted by Crippen LogP contribution is 2.39. The molecular formula is C17H14BrF3N2O2S. The largest absolute Gasteiger partial charge is 0.416 e. The normalized spacial score (nSPS) is 17.4. The third-order valence-corrected chi connectivity index (χ3v) is 6.71. The molecule has 0 amide bonds. The number of anilines is 1. The summed E-state index contributed by atoms with van der Waals surface area (Å²) in [4.78, 5) is 3.91. The molecule has 0 N–H and O–H groups in total. The molecule has 3 rings (SSSR count). The number of fused-ring (bicyclic) bond motifs is 1. The number of alkyl halides is 4. The summed E-state index contributed by atoms with van der Waals surface area (Å²) in [7, 11) is -4.10. The second kappa shape index (κ2) is 6.70. The van der Waals surface area contributed by atoms with Gasteiger partial charge < -0.3 is 0 Å². The summed E-state index contributed by atoms with van der Waals surface area (Å²) in [6.45, 7) is 1.82. The van der Waals surface area contributed by atoms with Crippen molar-refractivity contribution in [2.75, 3.05) is 4.31 Å². The highest BCUT2D eigenvalue weighted by Gasteiger charge is 2.39. The van der Waals surface area contributed by atoms with Gasteiger partial charge in [-0.2, -0.15) is 13.2 Å². The van der Waals surface area contributed by atoms with Crippen molar-refractivity contribution >= 4 is 43.2 Å². The number of hydrogen-bond acceptors (Lipinski definition) is 3. The first-order valence-corrected chi connectivity index (χ1v) is 10.1. The van der Waals surface area contributed by atoms with Crippen LogP contribution in [0.4, 0.5) is 24.5 Å². The van der Waals surface area contributed by atoms with Crippen LogP contribution in [0.5, 0.6) is 0 Å². The van der Waals surface area contributed by atoms with E-state index in [9.17, 15) is 21.6 Å². The lowest BCUT2D eigenvalue weighted by atomic mass is 10.2. The Hall–Kier alpha value is -1.87. The molecule has 0 saturated heterocycles. The highest BCUT2D eigenvalue weighted by atomic mass is 79.9. The molecule has 0 fully saturated rings. The lowest BCUT2D eigenvalue weighted by Crippen LogP contribution is -2.43. The minimum Gasteiger partial charge on any atom is -0.232 e. The van der Waals surface area contributed by atoms with Gasteiger partial charge in [-0.05, 0) is 36.8 Å². The average Bonchev–Trinajstić information content (AvgIpc) is 2.60. The zero-order valence-corrected chi connectivity index (χ0v) is 15.9. The van der Waals surface area contributed by atoms with Crippen LogP contribution in [-0.4, -0.2) is 19.1 Å². The van der Waals surface area contributed by atoms with Crippen molar-refractivity contribution in [3.63, 3.8) is 0 Å². The molecule has 2 aromatic carbocycles. The Bertz CT molecular complexity index is 974. The van der Waals surface area contributed by atoms with Crippen molar-refractivity contribution in [3.05, 3.63) is 54.1 Å². The molecule has 2 aromatic rings. The van der Waals surface area contributed by atoms with Crippen molar-refractivity contribution < 1.29 is 21.6 Å². The van der Waals surface area contributed by atoms with Crippen LogP contribution in [0.15, 0.2) is 58.4 Å². The van der Waals surface area contributed by atoms with E-state index in [1.165, 1.54) is 18.2 Å². The number of nitrogens with zero attached hydrogens (tertiary/aromatic N) is 2. The number of aliphatic imine (C=N–C) groups is 1. The van der Waals surface area contributed by atoms with Crippen molar-refractivity contribution in [2.45, 2.75) is 29.2 Å². The molecule has 1 aliphatic rings. The third-order valence-electron chi connectivity index (χ3n) is 3.87. The van der Waals surface area contributed by atoms with E-state index in [0.717, 1.165) is 16.4 Å². The molecule has 0 radical (unpaired) electrons. The molecule has 0 aliphatic carbocycles. The van der Waals surface area contributed by atoms with Gasteiger partial charge in [0.2, 0.25) is 0 Å². The molecule has 1 aliphatic heterocycles. The van der Waals surface area contributed by atoms with Crippen molar-refractivity contribution in [2.24, 2.45) is 4.99 Å². The first kappa shape index (κ1) is 18.9. The smallest absolute Gasteiger partial charge is 0.232 e. The lowest BCUT2D eigenvalue weighted by molar-refractivity contribution is -0.137. The number of sulfonamides is 1. The Labute approximate surface area is 157 Å². The van der Waals surface area contributed by atoms with Gasteiger partial charge in [-0.1, -0.05) is 41.1 Å². The number of para-hydroxylation sites is 1. The third kappa shape index (κ3) is 3.25. The topological polar surface area (TPSA) is 49.7 Å². The summed E-state index contributed by atoms with van der Waals surface area (Å²) in [5.74, 6) is 0.130. The second-order valence-corrected chi connectivity index (χ2v) is 8.49.